The molecule has 0 saturated heterocycles. The molecule has 1 aromatic rings. The Morgan fingerprint density at radius 3 is 2.71 bits per heavy atom. The molecule has 0 N–H and O–H groups in total. The van der Waals surface area contributed by atoms with Gasteiger partial charge < -0.3 is 14.2 Å². The van der Waals surface area contributed by atoms with E-state index in [2.05, 4.69) is 13.2 Å². The molecular formula is C14H18O3. The molecule has 1 aromatic carbocycles. The summed E-state index contributed by atoms with van der Waals surface area (Å²) in [5.41, 5.74) is 0. The summed E-state index contributed by atoms with van der Waals surface area (Å²) in [5.74, 6) is 1.53. The van der Waals surface area contributed by atoms with Crippen molar-refractivity contribution in [1.82, 2.24) is 0 Å². The minimum Gasteiger partial charge on any atom is -0.497 e. The Kier molecular flexibility index (Phi) is 5.72. The summed E-state index contributed by atoms with van der Waals surface area (Å²) in [6, 6.07) is 7.46. The van der Waals surface area contributed by atoms with Crippen LogP contribution in [0.15, 0.2) is 49.8 Å². The average molecular weight is 234 g/mol. The van der Waals surface area contributed by atoms with Crippen molar-refractivity contribution in [3.63, 3.8) is 0 Å². The molecule has 0 saturated carbocycles. The minimum atomic E-state index is -0.0591. The van der Waals surface area contributed by atoms with Crippen molar-refractivity contribution in [2.45, 2.75) is 12.5 Å². The molecule has 0 spiro atoms. The lowest BCUT2D eigenvalue weighted by molar-refractivity contribution is 0.0911. The normalized spacial score (nSPS) is 11.4. The van der Waals surface area contributed by atoms with Crippen LogP contribution in [0, 0.1) is 0 Å². The Hall–Kier alpha value is -1.90. The molecule has 17 heavy (non-hydrogen) atoms. The van der Waals surface area contributed by atoms with Gasteiger partial charge in [0.15, 0.2) is 0 Å². The SMILES string of the molecule is C=CCC(COc1cccc(OC)c1)OC=C. The molecule has 0 heterocycles. The number of methoxy groups -OCH3 is 1. The predicted molar refractivity (Wildman–Crippen MR) is 68.4 cm³/mol. The van der Waals surface area contributed by atoms with Crippen LogP contribution in [0.25, 0.3) is 0 Å². The van der Waals surface area contributed by atoms with Crippen LogP contribution in [0.5, 0.6) is 11.5 Å². The number of hydrogen-bond donors (Lipinski definition) is 0. The van der Waals surface area contributed by atoms with Gasteiger partial charge in [0.25, 0.3) is 0 Å². The van der Waals surface area contributed by atoms with Crippen molar-refractivity contribution in [2.75, 3.05) is 13.7 Å². The molecule has 0 aliphatic carbocycles. The summed E-state index contributed by atoms with van der Waals surface area (Å²) >= 11 is 0. The summed E-state index contributed by atoms with van der Waals surface area (Å²) < 4.78 is 16.0. The Labute approximate surface area is 102 Å². The van der Waals surface area contributed by atoms with Crippen LogP contribution in [0.4, 0.5) is 0 Å². The first kappa shape index (κ1) is 13.2. The zero-order chi connectivity index (χ0) is 12.5. The smallest absolute Gasteiger partial charge is 0.135 e. The van der Waals surface area contributed by atoms with E-state index in [4.69, 9.17) is 14.2 Å². The molecule has 0 aromatic heterocycles. The Morgan fingerprint density at radius 2 is 2.06 bits per heavy atom. The molecule has 0 fully saturated rings. The standard InChI is InChI=1S/C14H18O3/c1-4-7-14(16-5-2)11-17-13-9-6-8-12(10-13)15-3/h4-6,8-10,14H,1-2,7,11H2,3H3. The third-order valence-electron chi connectivity index (χ3n) is 2.20. The van der Waals surface area contributed by atoms with Crippen molar-refractivity contribution < 1.29 is 14.2 Å². The van der Waals surface area contributed by atoms with Gasteiger partial charge in [0, 0.05) is 12.5 Å². The lowest BCUT2D eigenvalue weighted by atomic mass is 10.2. The second kappa shape index (κ2) is 7.39. The lowest BCUT2D eigenvalue weighted by Crippen LogP contribution is -2.18. The third kappa shape index (κ3) is 4.64. The van der Waals surface area contributed by atoms with Gasteiger partial charge in [0.1, 0.15) is 24.2 Å². The van der Waals surface area contributed by atoms with Crippen LogP contribution in [0.2, 0.25) is 0 Å². The van der Waals surface area contributed by atoms with Crippen LogP contribution < -0.4 is 9.47 Å². The second-order valence-electron chi connectivity index (χ2n) is 3.44. The second-order valence-corrected chi connectivity index (χ2v) is 3.44. The predicted octanol–water partition coefficient (Wildman–Crippen LogP) is 3.18. The molecular weight excluding hydrogens is 216 g/mol. The van der Waals surface area contributed by atoms with Crippen molar-refractivity contribution in [3.05, 3.63) is 49.8 Å². The maximum atomic E-state index is 5.62. The number of rotatable bonds is 8. The Balaban J connectivity index is 2.51. The van der Waals surface area contributed by atoms with Gasteiger partial charge in [-0.2, -0.15) is 0 Å². The number of ether oxygens (including phenoxy) is 3. The first-order chi connectivity index (χ1) is 8.30. The molecule has 0 radical (unpaired) electrons. The largest absolute Gasteiger partial charge is 0.497 e. The van der Waals surface area contributed by atoms with E-state index < -0.39 is 0 Å². The Morgan fingerprint density at radius 1 is 1.29 bits per heavy atom. The van der Waals surface area contributed by atoms with Gasteiger partial charge in [-0.15, -0.1) is 6.58 Å². The van der Waals surface area contributed by atoms with Crippen LogP contribution in [0.3, 0.4) is 0 Å². The minimum absolute atomic E-state index is 0.0591. The van der Waals surface area contributed by atoms with Crippen molar-refractivity contribution in [2.24, 2.45) is 0 Å². The van der Waals surface area contributed by atoms with E-state index in [0.29, 0.717) is 6.61 Å². The van der Waals surface area contributed by atoms with Crippen molar-refractivity contribution in [3.8, 4) is 11.5 Å². The highest BCUT2D eigenvalue weighted by Crippen LogP contribution is 2.19. The first-order valence-electron chi connectivity index (χ1n) is 5.44. The fourth-order valence-corrected chi connectivity index (χ4v) is 1.36. The summed E-state index contributed by atoms with van der Waals surface area (Å²) in [7, 11) is 1.63. The number of benzene rings is 1. The zero-order valence-corrected chi connectivity index (χ0v) is 10.1. The topological polar surface area (TPSA) is 27.7 Å². The van der Waals surface area contributed by atoms with Crippen LogP contribution in [-0.2, 0) is 4.74 Å². The summed E-state index contributed by atoms with van der Waals surface area (Å²) in [5, 5.41) is 0. The van der Waals surface area contributed by atoms with Crippen LogP contribution >= 0.6 is 0 Å². The van der Waals surface area contributed by atoms with E-state index >= 15 is 0 Å². The van der Waals surface area contributed by atoms with Crippen LogP contribution in [0.1, 0.15) is 6.42 Å². The molecule has 1 rings (SSSR count). The molecule has 3 heteroatoms. The highest BCUT2D eigenvalue weighted by molar-refractivity contribution is 5.32. The van der Waals surface area contributed by atoms with Gasteiger partial charge in [-0.1, -0.05) is 18.7 Å². The van der Waals surface area contributed by atoms with Gasteiger partial charge in [-0.25, -0.2) is 0 Å². The molecule has 3 nitrogen and oxygen atoms in total. The highest BCUT2D eigenvalue weighted by atomic mass is 16.5. The van der Waals surface area contributed by atoms with Gasteiger partial charge in [-0.05, 0) is 12.1 Å². The van der Waals surface area contributed by atoms with E-state index in [9.17, 15) is 0 Å². The molecule has 92 valence electrons. The van der Waals surface area contributed by atoms with Gasteiger partial charge >= 0.3 is 0 Å². The first-order valence-corrected chi connectivity index (χ1v) is 5.44. The van der Waals surface area contributed by atoms with E-state index in [1.165, 1.54) is 6.26 Å². The van der Waals surface area contributed by atoms with Gasteiger partial charge in [0.2, 0.25) is 0 Å². The zero-order valence-electron chi connectivity index (χ0n) is 10.1. The van der Waals surface area contributed by atoms with E-state index in [1.54, 1.807) is 13.2 Å². The molecule has 0 aliphatic heterocycles. The molecule has 0 amide bonds. The van der Waals surface area contributed by atoms with E-state index in [1.807, 2.05) is 24.3 Å². The average Bonchev–Trinajstić information content (AvgIpc) is 2.37. The quantitative estimate of drug-likeness (QED) is 0.510. The summed E-state index contributed by atoms with van der Waals surface area (Å²) in [6.45, 7) is 7.66. The maximum Gasteiger partial charge on any atom is 0.135 e. The monoisotopic (exact) mass is 234 g/mol. The third-order valence-corrected chi connectivity index (χ3v) is 2.20. The number of hydrogen-bond acceptors (Lipinski definition) is 3. The maximum absolute atomic E-state index is 5.62. The van der Waals surface area contributed by atoms with Gasteiger partial charge in [0.05, 0.1) is 13.4 Å². The summed E-state index contributed by atoms with van der Waals surface area (Å²) in [6.07, 6.45) is 3.87. The fraction of sp³-hybridized carbons (Fsp3) is 0.286. The van der Waals surface area contributed by atoms with Crippen molar-refractivity contribution in [1.29, 1.82) is 0 Å². The van der Waals surface area contributed by atoms with Gasteiger partial charge in [-0.3, -0.25) is 0 Å². The molecule has 0 bridgehead atoms. The van der Waals surface area contributed by atoms with Crippen molar-refractivity contribution >= 4 is 0 Å². The molecule has 1 atom stereocenters. The van der Waals surface area contributed by atoms with Crippen LogP contribution in [-0.4, -0.2) is 19.8 Å². The van der Waals surface area contributed by atoms with E-state index in [-0.39, 0.29) is 6.10 Å². The lowest BCUT2D eigenvalue weighted by Gasteiger charge is -2.15. The highest BCUT2D eigenvalue weighted by Gasteiger charge is 2.07. The molecule has 0 aliphatic rings. The fourth-order valence-electron chi connectivity index (χ4n) is 1.36. The van der Waals surface area contributed by atoms with E-state index in [0.717, 1.165) is 17.9 Å². The summed E-state index contributed by atoms with van der Waals surface area (Å²) in [4.78, 5) is 0. The molecule has 1 unspecified atom stereocenters. The Bertz CT molecular complexity index is 350.